The smallest absolute Gasteiger partial charge is 0.410 e. The normalized spacial score (nSPS) is 21.6. The molecule has 0 bridgehead atoms. The maximum Gasteiger partial charge on any atom is 0.410 e. The van der Waals surface area contributed by atoms with Crippen LogP contribution in [0.4, 0.5) is 4.79 Å². The molecule has 0 aromatic heterocycles. The average molecular weight is 414 g/mol. The minimum Gasteiger partial charge on any atom is -0.444 e. The van der Waals surface area contributed by atoms with Crippen LogP contribution in [0.15, 0.2) is 0 Å². The number of rotatable bonds is 3. The van der Waals surface area contributed by atoms with E-state index in [9.17, 15) is 14.4 Å². The molecular weight excluding hydrogens is 378 g/mol. The Hall–Kier alpha value is -1.44. The second-order valence-corrected chi connectivity index (χ2v) is 10.7. The number of hydrogen-bond donors (Lipinski definition) is 1. The topological polar surface area (TPSA) is 79.0 Å². The largest absolute Gasteiger partial charge is 0.444 e. The number of hydrogen-bond acceptors (Lipinski definition) is 5. The Balaban J connectivity index is 1.83. The number of nitrogens with zero attached hydrogens (tertiary/aromatic N) is 2. The zero-order chi connectivity index (χ0) is 21.1. The fourth-order valence-corrected chi connectivity index (χ4v) is 4.55. The maximum absolute atomic E-state index is 12.8. The summed E-state index contributed by atoms with van der Waals surface area (Å²) in [4.78, 5) is 40.9. The van der Waals surface area contributed by atoms with Gasteiger partial charge in [0.25, 0.3) is 0 Å². The van der Waals surface area contributed by atoms with Crippen molar-refractivity contribution in [1.82, 2.24) is 15.1 Å². The second kappa shape index (κ2) is 8.93. The van der Waals surface area contributed by atoms with E-state index in [1.807, 2.05) is 41.5 Å². The molecule has 2 heterocycles. The number of likely N-dealkylation sites (tertiary alicyclic amines) is 1. The van der Waals surface area contributed by atoms with E-state index in [0.29, 0.717) is 31.1 Å². The van der Waals surface area contributed by atoms with E-state index in [1.165, 1.54) is 0 Å². The van der Waals surface area contributed by atoms with E-state index < -0.39 is 11.6 Å². The van der Waals surface area contributed by atoms with Crippen molar-refractivity contribution in [2.24, 2.45) is 5.92 Å². The van der Waals surface area contributed by atoms with E-state index >= 15 is 0 Å². The Kier molecular flexibility index (Phi) is 7.28. The number of nitrogens with one attached hydrogen (secondary N) is 1. The molecule has 1 N–H and O–H groups in total. The van der Waals surface area contributed by atoms with E-state index in [-0.39, 0.29) is 29.4 Å². The van der Waals surface area contributed by atoms with Gasteiger partial charge in [-0.3, -0.25) is 9.59 Å². The van der Waals surface area contributed by atoms with E-state index in [0.717, 1.165) is 12.8 Å². The van der Waals surface area contributed by atoms with Gasteiger partial charge in [-0.2, -0.15) is 0 Å². The molecular formula is C20H35N3O4S. The highest BCUT2D eigenvalue weighted by atomic mass is 32.2. The first-order chi connectivity index (χ1) is 12.9. The first-order valence-electron chi connectivity index (χ1n) is 10.0. The summed E-state index contributed by atoms with van der Waals surface area (Å²) < 4.78 is 5.42. The number of thioether (sulfide) groups is 1. The first kappa shape index (κ1) is 22.8. The molecule has 0 spiro atoms. The standard InChI is InChI=1S/C20H35N3O4S/c1-19(2,3)21-17(25)15-12-28-13-23(15)16(24)11-14-7-9-22(10-8-14)18(26)27-20(4,5)6/h14-15H,7-13H2,1-6H3,(H,21,25). The SMILES string of the molecule is CC(C)(C)NC(=O)C1CSCN1C(=O)CC1CCN(C(=O)OC(C)(C)C)CC1. The summed E-state index contributed by atoms with van der Waals surface area (Å²) >= 11 is 1.62. The lowest BCUT2D eigenvalue weighted by molar-refractivity contribution is -0.139. The predicted octanol–water partition coefficient (Wildman–Crippen LogP) is 2.84. The minimum absolute atomic E-state index is 0.0368. The van der Waals surface area contributed by atoms with E-state index in [4.69, 9.17) is 4.74 Å². The fourth-order valence-electron chi connectivity index (χ4n) is 3.37. The highest BCUT2D eigenvalue weighted by Gasteiger charge is 2.37. The molecule has 0 aromatic rings. The molecule has 3 amide bonds. The van der Waals surface area contributed by atoms with Crippen molar-refractivity contribution in [3.8, 4) is 0 Å². The van der Waals surface area contributed by atoms with Crippen LogP contribution in [0.5, 0.6) is 0 Å². The van der Waals surface area contributed by atoms with Crippen molar-refractivity contribution in [3.05, 3.63) is 0 Å². The van der Waals surface area contributed by atoms with Gasteiger partial charge in [-0.05, 0) is 60.3 Å². The van der Waals surface area contributed by atoms with Gasteiger partial charge in [0, 0.05) is 30.8 Å². The van der Waals surface area contributed by atoms with Gasteiger partial charge >= 0.3 is 6.09 Å². The Morgan fingerprint density at radius 3 is 2.21 bits per heavy atom. The maximum atomic E-state index is 12.8. The number of carbonyl (C=O) groups excluding carboxylic acids is 3. The molecule has 2 saturated heterocycles. The van der Waals surface area contributed by atoms with Crippen molar-refractivity contribution in [1.29, 1.82) is 0 Å². The van der Waals surface area contributed by atoms with Crippen LogP contribution < -0.4 is 5.32 Å². The molecule has 7 nitrogen and oxygen atoms in total. The monoisotopic (exact) mass is 413 g/mol. The van der Waals surface area contributed by atoms with Crippen molar-refractivity contribution in [2.75, 3.05) is 24.7 Å². The molecule has 28 heavy (non-hydrogen) atoms. The van der Waals surface area contributed by atoms with Crippen LogP contribution in [0.3, 0.4) is 0 Å². The quantitative estimate of drug-likeness (QED) is 0.770. The molecule has 0 radical (unpaired) electrons. The molecule has 2 rings (SSSR count). The summed E-state index contributed by atoms with van der Waals surface area (Å²) in [5.74, 6) is 1.41. The lowest BCUT2D eigenvalue weighted by atomic mass is 9.93. The third-order valence-electron chi connectivity index (χ3n) is 4.73. The van der Waals surface area contributed by atoms with Crippen molar-refractivity contribution in [2.45, 2.75) is 78.0 Å². The van der Waals surface area contributed by atoms with Crippen molar-refractivity contribution in [3.63, 3.8) is 0 Å². The molecule has 2 aliphatic rings. The molecule has 1 atom stereocenters. The number of piperidine rings is 1. The Labute approximate surface area is 172 Å². The second-order valence-electron chi connectivity index (χ2n) is 9.73. The summed E-state index contributed by atoms with van der Waals surface area (Å²) in [5, 5.41) is 2.98. The number of carbonyl (C=O) groups is 3. The van der Waals surface area contributed by atoms with Gasteiger partial charge in [0.1, 0.15) is 11.6 Å². The van der Waals surface area contributed by atoms with Crippen LogP contribution in [0.25, 0.3) is 0 Å². The van der Waals surface area contributed by atoms with Crippen LogP contribution in [-0.4, -0.2) is 69.6 Å². The van der Waals surface area contributed by atoms with Gasteiger partial charge in [-0.15, -0.1) is 11.8 Å². The molecule has 1 unspecified atom stereocenters. The lowest BCUT2D eigenvalue weighted by Crippen LogP contribution is -2.52. The van der Waals surface area contributed by atoms with Gasteiger partial charge in [0.2, 0.25) is 11.8 Å². The molecule has 2 aliphatic heterocycles. The average Bonchev–Trinajstić information content (AvgIpc) is 3.02. The highest BCUT2D eigenvalue weighted by Crippen LogP contribution is 2.27. The molecule has 2 fully saturated rings. The molecule has 0 aliphatic carbocycles. The van der Waals surface area contributed by atoms with Crippen LogP contribution >= 0.6 is 11.8 Å². The molecule has 0 aromatic carbocycles. The molecule has 160 valence electrons. The van der Waals surface area contributed by atoms with Crippen molar-refractivity contribution >= 4 is 29.7 Å². The molecule has 8 heteroatoms. The fraction of sp³-hybridized carbons (Fsp3) is 0.850. The van der Waals surface area contributed by atoms with Crippen LogP contribution in [0.1, 0.15) is 60.8 Å². The summed E-state index contributed by atoms with van der Waals surface area (Å²) in [6.07, 6.45) is 1.71. The Morgan fingerprint density at radius 2 is 1.68 bits per heavy atom. The zero-order valence-corrected chi connectivity index (χ0v) is 18.9. The van der Waals surface area contributed by atoms with Crippen molar-refractivity contribution < 1.29 is 19.1 Å². The Morgan fingerprint density at radius 1 is 1.07 bits per heavy atom. The number of ether oxygens (including phenoxy) is 1. The van der Waals surface area contributed by atoms with Gasteiger partial charge < -0.3 is 19.9 Å². The van der Waals surface area contributed by atoms with Gasteiger partial charge in [0.15, 0.2) is 0 Å². The lowest BCUT2D eigenvalue weighted by Gasteiger charge is -2.34. The third kappa shape index (κ3) is 6.87. The summed E-state index contributed by atoms with van der Waals surface area (Å²) in [6, 6.07) is -0.390. The van der Waals surface area contributed by atoms with Crippen LogP contribution in [0, 0.1) is 5.92 Å². The molecule has 0 saturated carbocycles. The first-order valence-corrected chi connectivity index (χ1v) is 11.2. The van der Waals surface area contributed by atoms with E-state index in [1.54, 1.807) is 21.6 Å². The zero-order valence-electron chi connectivity index (χ0n) is 18.0. The highest BCUT2D eigenvalue weighted by molar-refractivity contribution is 7.99. The van der Waals surface area contributed by atoms with Gasteiger partial charge in [-0.25, -0.2) is 4.79 Å². The van der Waals surface area contributed by atoms with Gasteiger partial charge in [0.05, 0.1) is 5.88 Å². The predicted molar refractivity (Wildman–Crippen MR) is 111 cm³/mol. The summed E-state index contributed by atoms with van der Waals surface area (Å²) in [6.45, 7) is 12.6. The summed E-state index contributed by atoms with van der Waals surface area (Å²) in [7, 11) is 0. The van der Waals surface area contributed by atoms with Gasteiger partial charge in [-0.1, -0.05) is 0 Å². The number of amides is 3. The Bertz CT molecular complexity index is 589. The summed E-state index contributed by atoms with van der Waals surface area (Å²) in [5.41, 5.74) is -0.812. The van der Waals surface area contributed by atoms with Crippen LogP contribution in [-0.2, 0) is 14.3 Å². The van der Waals surface area contributed by atoms with E-state index in [2.05, 4.69) is 5.32 Å². The van der Waals surface area contributed by atoms with Crippen LogP contribution in [0.2, 0.25) is 0 Å². The minimum atomic E-state index is -0.500. The third-order valence-corrected chi connectivity index (χ3v) is 5.75.